The number of ether oxygens (including phenoxy) is 1. The molecule has 142 valence electrons. The van der Waals surface area contributed by atoms with Crippen LogP contribution in [0.4, 0.5) is 5.69 Å². The van der Waals surface area contributed by atoms with Crippen molar-refractivity contribution < 1.29 is 14.3 Å². The van der Waals surface area contributed by atoms with E-state index in [0.717, 1.165) is 28.1 Å². The van der Waals surface area contributed by atoms with Gasteiger partial charge in [-0.05, 0) is 66.1 Å². The summed E-state index contributed by atoms with van der Waals surface area (Å²) < 4.78 is 6.63. The van der Waals surface area contributed by atoms with Crippen molar-refractivity contribution in [1.29, 1.82) is 0 Å². The highest BCUT2D eigenvalue weighted by Crippen LogP contribution is 2.24. The lowest BCUT2D eigenvalue weighted by Crippen LogP contribution is -2.25. The third-order valence-corrected chi connectivity index (χ3v) is 4.96. The highest BCUT2D eigenvalue weighted by molar-refractivity contribution is 9.10. The van der Waals surface area contributed by atoms with Crippen molar-refractivity contribution in [3.63, 3.8) is 0 Å². The highest BCUT2D eigenvalue weighted by Gasteiger charge is 2.23. The van der Waals surface area contributed by atoms with Crippen molar-refractivity contribution in [3.05, 3.63) is 70.7 Å². The summed E-state index contributed by atoms with van der Waals surface area (Å²) in [6, 6.07) is 18.9. The summed E-state index contributed by atoms with van der Waals surface area (Å²) in [5.74, 6) is 0.232. The third kappa shape index (κ3) is 4.70. The van der Waals surface area contributed by atoms with E-state index in [1.807, 2.05) is 36.4 Å². The molecule has 0 aliphatic heterocycles. The van der Waals surface area contributed by atoms with Gasteiger partial charge in [-0.1, -0.05) is 34.1 Å². The summed E-state index contributed by atoms with van der Waals surface area (Å²) in [6.07, 6.45) is 2.07. The van der Waals surface area contributed by atoms with Gasteiger partial charge in [0.05, 0.1) is 0 Å². The number of amides is 2. The molecule has 3 aromatic carbocycles. The van der Waals surface area contributed by atoms with Gasteiger partial charge in [0.1, 0.15) is 5.75 Å². The Labute approximate surface area is 171 Å². The van der Waals surface area contributed by atoms with Crippen LogP contribution in [0, 0.1) is 0 Å². The van der Waals surface area contributed by atoms with Gasteiger partial charge >= 0.3 is 0 Å². The molecule has 0 saturated heterocycles. The van der Waals surface area contributed by atoms with E-state index in [1.165, 1.54) is 0 Å². The van der Waals surface area contributed by atoms with E-state index in [9.17, 15) is 9.59 Å². The zero-order chi connectivity index (χ0) is 19.5. The average Bonchev–Trinajstić information content (AvgIpc) is 3.50. The van der Waals surface area contributed by atoms with Crippen molar-refractivity contribution in [1.82, 2.24) is 5.32 Å². The Kier molecular flexibility index (Phi) is 5.30. The number of carbonyl (C=O) groups excluding carboxylic acids is 2. The number of rotatable bonds is 6. The van der Waals surface area contributed by atoms with Crippen molar-refractivity contribution >= 4 is 44.2 Å². The summed E-state index contributed by atoms with van der Waals surface area (Å²) in [5, 5.41) is 7.83. The predicted octanol–water partition coefficient (Wildman–Crippen LogP) is 4.51. The topological polar surface area (TPSA) is 67.4 Å². The zero-order valence-corrected chi connectivity index (χ0v) is 16.7. The van der Waals surface area contributed by atoms with Crippen molar-refractivity contribution in [2.45, 2.75) is 18.9 Å². The van der Waals surface area contributed by atoms with Crippen LogP contribution in [0.25, 0.3) is 10.8 Å². The van der Waals surface area contributed by atoms with E-state index >= 15 is 0 Å². The van der Waals surface area contributed by atoms with Crippen molar-refractivity contribution in [2.75, 3.05) is 11.9 Å². The molecular weight excluding hydrogens is 420 g/mol. The molecule has 0 radical (unpaired) electrons. The molecule has 5 nitrogen and oxygen atoms in total. The van der Waals surface area contributed by atoms with Crippen LogP contribution in [0.15, 0.2) is 65.1 Å². The zero-order valence-electron chi connectivity index (χ0n) is 15.1. The lowest BCUT2D eigenvalue weighted by atomic mass is 10.1. The van der Waals surface area contributed by atoms with Gasteiger partial charge in [0, 0.05) is 21.8 Å². The third-order valence-electron chi connectivity index (χ3n) is 4.46. The van der Waals surface area contributed by atoms with Gasteiger partial charge in [0.2, 0.25) is 0 Å². The van der Waals surface area contributed by atoms with E-state index in [-0.39, 0.29) is 18.4 Å². The fourth-order valence-electron chi connectivity index (χ4n) is 2.87. The summed E-state index contributed by atoms with van der Waals surface area (Å²) in [6.45, 7) is -0.111. The number of halogens is 1. The molecule has 2 amide bonds. The van der Waals surface area contributed by atoms with Crippen LogP contribution in [-0.4, -0.2) is 24.5 Å². The van der Waals surface area contributed by atoms with Gasteiger partial charge < -0.3 is 15.4 Å². The number of fused-ring (bicyclic) bond motifs is 1. The van der Waals surface area contributed by atoms with Gasteiger partial charge in [-0.2, -0.15) is 0 Å². The molecule has 1 aliphatic carbocycles. The molecule has 2 N–H and O–H groups in total. The molecule has 0 unspecified atom stereocenters. The smallest absolute Gasteiger partial charge is 0.262 e. The Hall–Kier alpha value is -2.86. The van der Waals surface area contributed by atoms with Crippen molar-refractivity contribution in [2.24, 2.45) is 0 Å². The Bertz CT molecular complexity index is 1050. The fourth-order valence-corrected chi connectivity index (χ4v) is 3.24. The summed E-state index contributed by atoms with van der Waals surface area (Å²) in [4.78, 5) is 24.3. The molecule has 0 aromatic heterocycles. The second-order valence-corrected chi connectivity index (χ2v) is 7.73. The molecule has 3 aromatic rings. The molecule has 28 heavy (non-hydrogen) atoms. The summed E-state index contributed by atoms with van der Waals surface area (Å²) in [5.41, 5.74) is 1.10. The number of anilines is 1. The summed E-state index contributed by atoms with van der Waals surface area (Å²) in [7, 11) is 0. The Morgan fingerprint density at radius 2 is 1.79 bits per heavy atom. The lowest BCUT2D eigenvalue weighted by molar-refractivity contribution is -0.118. The number of benzene rings is 3. The summed E-state index contributed by atoms with van der Waals surface area (Å²) >= 11 is 3.45. The quantitative estimate of drug-likeness (QED) is 0.594. The minimum absolute atomic E-state index is 0.111. The number of hydrogen-bond acceptors (Lipinski definition) is 3. The van der Waals surface area contributed by atoms with E-state index < -0.39 is 0 Å². The first-order valence-corrected chi connectivity index (χ1v) is 9.89. The molecule has 0 spiro atoms. The maximum Gasteiger partial charge on any atom is 0.262 e. The second kappa shape index (κ2) is 8.02. The number of carbonyl (C=O) groups is 2. The van der Waals surface area contributed by atoms with Gasteiger partial charge in [-0.25, -0.2) is 0 Å². The Morgan fingerprint density at radius 1 is 1.00 bits per heavy atom. The molecule has 1 aliphatic rings. The molecule has 1 saturated carbocycles. The van der Waals surface area contributed by atoms with E-state index in [0.29, 0.717) is 23.0 Å². The largest absolute Gasteiger partial charge is 0.484 e. The fraction of sp³-hybridized carbons (Fsp3) is 0.182. The van der Waals surface area contributed by atoms with Gasteiger partial charge in [-0.15, -0.1) is 0 Å². The molecule has 4 rings (SSSR count). The normalized spacial score (nSPS) is 13.2. The van der Waals surface area contributed by atoms with Crippen LogP contribution in [0.3, 0.4) is 0 Å². The van der Waals surface area contributed by atoms with Crippen LogP contribution in [0.5, 0.6) is 5.75 Å². The molecular formula is C22H19BrN2O3. The van der Waals surface area contributed by atoms with E-state index in [4.69, 9.17) is 4.74 Å². The predicted molar refractivity (Wildman–Crippen MR) is 113 cm³/mol. The molecule has 0 heterocycles. The molecule has 0 bridgehead atoms. The van der Waals surface area contributed by atoms with Gasteiger partial charge in [0.25, 0.3) is 11.8 Å². The first-order chi connectivity index (χ1) is 13.6. The molecule has 0 atom stereocenters. The lowest BCUT2D eigenvalue weighted by Gasteiger charge is -2.10. The average molecular weight is 439 g/mol. The van der Waals surface area contributed by atoms with E-state index in [1.54, 1.807) is 24.3 Å². The minimum Gasteiger partial charge on any atom is -0.484 e. The van der Waals surface area contributed by atoms with Gasteiger partial charge in [-0.3, -0.25) is 9.59 Å². The first kappa shape index (κ1) is 18.5. The van der Waals surface area contributed by atoms with Crippen LogP contribution in [0.2, 0.25) is 0 Å². The second-order valence-electron chi connectivity index (χ2n) is 6.82. The number of nitrogens with one attached hydrogen (secondary N) is 2. The maximum absolute atomic E-state index is 12.2. The van der Waals surface area contributed by atoms with Gasteiger partial charge in [0.15, 0.2) is 6.61 Å². The number of hydrogen-bond donors (Lipinski definition) is 2. The molecule has 1 fully saturated rings. The SMILES string of the molecule is O=C(COc1ccc2cc(Br)ccc2c1)Nc1cccc(C(=O)NC2CC2)c1. The minimum atomic E-state index is -0.282. The van der Waals surface area contributed by atoms with Crippen LogP contribution >= 0.6 is 15.9 Å². The Morgan fingerprint density at radius 3 is 2.61 bits per heavy atom. The van der Waals surface area contributed by atoms with Crippen LogP contribution < -0.4 is 15.4 Å². The van der Waals surface area contributed by atoms with E-state index in [2.05, 4.69) is 26.6 Å². The standard InChI is InChI=1S/C22H19BrN2O3/c23-17-6-4-15-12-20(9-5-14(15)10-17)28-13-21(26)24-19-3-1-2-16(11-19)22(27)25-18-7-8-18/h1-6,9-12,18H,7-8,13H2,(H,24,26)(H,25,27). The monoisotopic (exact) mass is 438 g/mol. The maximum atomic E-state index is 12.2. The highest BCUT2D eigenvalue weighted by atomic mass is 79.9. The molecule has 6 heteroatoms. The first-order valence-electron chi connectivity index (χ1n) is 9.10. The van der Waals surface area contributed by atoms with Crippen LogP contribution in [0.1, 0.15) is 23.2 Å². The van der Waals surface area contributed by atoms with Crippen LogP contribution in [-0.2, 0) is 4.79 Å². The van der Waals surface area contributed by atoms with Crippen molar-refractivity contribution in [3.8, 4) is 5.75 Å². The Balaban J connectivity index is 1.35.